The van der Waals surface area contributed by atoms with Crippen LogP contribution < -0.4 is 14.2 Å². The van der Waals surface area contributed by atoms with Gasteiger partial charge < -0.3 is 24.2 Å². The van der Waals surface area contributed by atoms with Crippen LogP contribution in [0.5, 0.6) is 17.2 Å². The summed E-state index contributed by atoms with van der Waals surface area (Å²) in [4.78, 5) is 15.1. The Morgan fingerprint density at radius 3 is 2.09 bits per heavy atom. The molecule has 2 aromatic rings. The zero-order valence-corrected chi connectivity index (χ0v) is 22.2. The van der Waals surface area contributed by atoms with Crippen LogP contribution in [-0.2, 0) is 15.5 Å². The summed E-state index contributed by atoms with van der Waals surface area (Å²) < 4.78 is 41.9. The van der Waals surface area contributed by atoms with Gasteiger partial charge in [-0.1, -0.05) is 29.3 Å². The second kappa shape index (κ2) is 12.1. The number of likely N-dealkylation sites (tertiary alicyclic amines) is 1. The number of nitrogens with zero attached hydrogens (tertiary/aromatic N) is 1. The van der Waals surface area contributed by atoms with Crippen molar-refractivity contribution in [1.82, 2.24) is 4.90 Å². The summed E-state index contributed by atoms with van der Waals surface area (Å²) >= 11 is 12.3. The van der Waals surface area contributed by atoms with Gasteiger partial charge in [0.2, 0.25) is 5.75 Å². The van der Waals surface area contributed by atoms with Crippen molar-refractivity contribution in [3.63, 3.8) is 0 Å². The lowest BCUT2D eigenvalue weighted by atomic mass is 9.77. The Hall–Kier alpha value is -2.24. The molecule has 0 saturated carbocycles. The highest BCUT2D eigenvalue weighted by molar-refractivity contribution is 7.85. The number of rotatable bonds is 7. The first kappa shape index (κ1) is 29.0. The first-order valence-corrected chi connectivity index (χ1v) is 13.1. The van der Waals surface area contributed by atoms with Crippen LogP contribution in [0.25, 0.3) is 0 Å². The average molecular weight is 550 g/mol. The van der Waals surface area contributed by atoms with E-state index in [0.717, 1.165) is 5.56 Å². The molecular weight excluding hydrogens is 521 g/mol. The van der Waals surface area contributed by atoms with Gasteiger partial charge in [0.1, 0.15) is 0 Å². The molecule has 1 atom stereocenters. The Morgan fingerprint density at radius 2 is 1.63 bits per heavy atom. The lowest BCUT2D eigenvalue weighted by molar-refractivity contribution is 0.0778. The van der Waals surface area contributed by atoms with Gasteiger partial charge in [0.05, 0.1) is 37.6 Å². The van der Waals surface area contributed by atoms with Gasteiger partial charge in [-0.15, -0.1) is 0 Å². The van der Waals surface area contributed by atoms with Crippen LogP contribution in [0, 0.1) is 0 Å². The Kier molecular flexibility index (Phi) is 10.1. The number of carbonyl (C=O) groups is 1. The second-order valence-electron chi connectivity index (χ2n) is 8.01. The lowest BCUT2D eigenvalue weighted by Gasteiger charge is -2.30. The van der Waals surface area contributed by atoms with Crippen molar-refractivity contribution in [1.29, 1.82) is 0 Å². The molecule has 1 amide bonds. The summed E-state index contributed by atoms with van der Waals surface area (Å²) in [5.41, 5.74) is 1.02. The fourth-order valence-electron chi connectivity index (χ4n) is 4.06. The number of benzene rings is 2. The predicted molar refractivity (Wildman–Crippen MR) is 134 cm³/mol. The fourth-order valence-corrected chi connectivity index (χ4v) is 4.36. The SMILES string of the molecule is COc1cc(C(=O)N2CCC(CCO)(c3ccc(Cl)c(Cl)c3)C2)cc(OC)c1OC.CS(=O)(=O)O. The third-order valence-corrected chi connectivity index (χ3v) is 6.41. The van der Waals surface area contributed by atoms with E-state index in [0.29, 0.717) is 65.0 Å². The average Bonchev–Trinajstić information content (AvgIpc) is 3.23. The molecule has 1 aliphatic heterocycles. The minimum absolute atomic E-state index is 0.00641. The van der Waals surface area contributed by atoms with Crippen LogP contribution in [0.1, 0.15) is 28.8 Å². The third kappa shape index (κ3) is 7.37. The minimum Gasteiger partial charge on any atom is -0.493 e. The van der Waals surface area contributed by atoms with Crippen molar-refractivity contribution in [2.45, 2.75) is 18.3 Å². The lowest BCUT2D eigenvalue weighted by Crippen LogP contribution is -2.35. The Labute approximate surface area is 215 Å². The largest absolute Gasteiger partial charge is 0.493 e. The molecule has 0 aromatic heterocycles. The maximum atomic E-state index is 13.3. The van der Waals surface area contributed by atoms with Crippen molar-refractivity contribution in [3.8, 4) is 17.2 Å². The van der Waals surface area contributed by atoms with E-state index in [9.17, 15) is 18.3 Å². The Morgan fingerprint density at radius 1 is 1.06 bits per heavy atom. The zero-order chi connectivity index (χ0) is 26.4. The van der Waals surface area contributed by atoms with E-state index >= 15 is 0 Å². The molecular formula is C23H29Cl2NO8S. The minimum atomic E-state index is -3.67. The summed E-state index contributed by atoms with van der Waals surface area (Å²) in [6.45, 7) is 1.02. The maximum absolute atomic E-state index is 13.3. The highest BCUT2D eigenvalue weighted by Crippen LogP contribution is 2.42. The van der Waals surface area contributed by atoms with Crippen LogP contribution in [-0.4, -0.2) is 76.2 Å². The molecule has 0 radical (unpaired) electrons. The van der Waals surface area contributed by atoms with Crippen LogP contribution >= 0.6 is 23.2 Å². The molecule has 2 aromatic carbocycles. The van der Waals surface area contributed by atoms with Gasteiger partial charge in [-0.25, -0.2) is 0 Å². The van der Waals surface area contributed by atoms with E-state index in [2.05, 4.69) is 0 Å². The van der Waals surface area contributed by atoms with Gasteiger partial charge in [0.25, 0.3) is 16.0 Å². The van der Waals surface area contributed by atoms with Gasteiger partial charge >= 0.3 is 0 Å². The quantitative estimate of drug-likeness (QED) is 0.501. The number of ether oxygens (including phenoxy) is 3. The van der Waals surface area contributed by atoms with Crippen LogP contribution in [0.4, 0.5) is 0 Å². The monoisotopic (exact) mass is 549 g/mol. The van der Waals surface area contributed by atoms with Crippen molar-refractivity contribution in [3.05, 3.63) is 51.5 Å². The summed E-state index contributed by atoms with van der Waals surface area (Å²) in [6.07, 6.45) is 1.94. The maximum Gasteiger partial charge on any atom is 0.261 e. The number of amides is 1. The second-order valence-corrected chi connectivity index (χ2v) is 10.3. The van der Waals surface area contributed by atoms with Gasteiger partial charge in [-0.2, -0.15) is 8.42 Å². The van der Waals surface area contributed by atoms with Crippen molar-refractivity contribution in [2.24, 2.45) is 0 Å². The molecule has 35 heavy (non-hydrogen) atoms. The number of halogens is 2. The molecule has 194 valence electrons. The molecule has 1 saturated heterocycles. The van der Waals surface area contributed by atoms with Crippen molar-refractivity contribution >= 4 is 39.2 Å². The van der Waals surface area contributed by atoms with E-state index in [1.807, 2.05) is 12.1 Å². The standard InChI is InChI=1S/C22H25Cl2NO5.CH4O3S/c1-28-18-10-14(11-19(29-2)20(18)30-3)21(27)25-8-6-22(13-25,7-9-26)15-4-5-16(23)17(24)12-15;1-5(2,3)4/h4-5,10-12,26H,6-9,13H2,1-3H3;1H3,(H,2,3,4). The number of hydrogen-bond acceptors (Lipinski definition) is 7. The Balaban J connectivity index is 0.000000784. The summed E-state index contributed by atoms with van der Waals surface area (Å²) in [5.74, 6) is 1.13. The molecule has 1 fully saturated rings. The smallest absolute Gasteiger partial charge is 0.261 e. The predicted octanol–water partition coefficient (Wildman–Crippen LogP) is 3.69. The summed E-state index contributed by atoms with van der Waals surface area (Å²) in [5, 5.41) is 10.6. The van der Waals surface area contributed by atoms with Gasteiger partial charge in [0.15, 0.2) is 11.5 Å². The highest BCUT2D eigenvalue weighted by Gasteiger charge is 2.41. The first-order valence-electron chi connectivity index (χ1n) is 10.5. The number of aliphatic hydroxyl groups is 1. The molecule has 9 nitrogen and oxygen atoms in total. The molecule has 1 unspecified atom stereocenters. The molecule has 0 aliphatic carbocycles. The normalized spacial score (nSPS) is 17.4. The number of methoxy groups -OCH3 is 3. The van der Waals surface area contributed by atoms with Crippen molar-refractivity contribution < 1.29 is 37.1 Å². The van der Waals surface area contributed by atoms with E-state index in [4.69, 9.17) is 42.0 Å². The van der Waals surface area contributed by atoms with Crippen LogP contribution in [0.2, 0.25) is 10.0 Å². The van der Waals surface area contributed by atoms with E-state index < -0.39 is 10.1 Å². The molecule has 0 spiro atoms. The summed E-state index contributed by atoms with van der Waals surface area (Å²) in [6, 6.07) is 8.79. The number of carbonyl (C=O) groups excluding carboxylic acids is 1. The van der Waals surface area contributed by atoms with Gasteiger partial charge in [-0.05, 0) is 42.7 Å². The fraction of sp³-hybridized carbons (Fsp3) is 0.435. The molecule has 0 bridgehead atoms. The van der Waals surface area contributed by atoms with Crippen molar-refractivity contribution in [2.75, 3.05) is 47.3 Å². The topological polar surface area (TPSA) is 123 Å². The molecule has 3 rings (SSSR count). The van der Waals surface area contributed by atoms with E-state index in [-0.39, 0.29) is 17.9 Å². The van der Waals surface area contributed by atoms with Gasteiger partial charge in [-0.3, -0.25) is 9.35 Å². The summed E-state index contributed by atoms with van der Waals surface area (Å²) in [7, 11) is 0.874. The van der Waals surface area contributed by atoms with Crippen LogP contribution in [0.3, 0.4) is 0 Å². The van der Waals surface area contributed by atoms with E-state index in [1.54, 1.807) is 23.1 Å². The third-order valence-electron chi connectivity index (χ3n) is 5.68. The zero-order valence-electron chi connectivity index (χ0n) is 19.9. The molecule has 1 aliphatic rings. The molecule has 2 N–H and O–H groups in total. The van der Waals surface area contributed by atoms with E-state index in [1.165, 1.54) is 21.3 Å². The molecule has 1 heterocycles. The Bertz CT molecular complexity index is 1130. The number of hydrogen-bond donors (Lipinski definition) is 2. The molecule has 12 heteroatoms. The number of aliphatic hydroxyl groups excluding tert-OH is 1. The van der Waals surface area contributed by atoms with Crippen LogP contribution in [0.15, 0.2) is 30.3 Å². The van der Waals surface area contributed by atoms with Gasteiger partial charge in [0, 0.05) is 30.7 Å². The highest BCUT2D eigenvalue weighted by atomic mass is 35.5. The first-order chi connectivity index (χ1) is 16.4.